The van der Waals surface area contributed by atoms with E-state index in [0.29, 0.717) is 37.0 Å². The Bertz CT molecular complexity index is 836. The molecule has 1 unspecified atom stereocenters. The van der Waals surface area contributed by atoms with Crippen molar-refractivity contribution in [2.24, 2.45) is 0 Å². The summed E-state index contributed by atoms with van der Waals surface area (Å²) in [6.07, 6.45) is 2.42. The van der Waals surface area contributed by atoms with Gasteiger partial charge in [0.2, 0.25) is 5.88 Å². The van der Waals surface area contributed by atoms with Gasteiger partial charge in [-0.15, -0.1) is 0 Å². The highest BCUT2D eigenvalue weighted by molar-refractivity contribution is 5.93. The van der Waals surface area contributed by atoms with Crippen LogP contribution in [0.1, 0.15) is 22.6 Å². The fraction of sp³-hybridized carbons (Fsp3) is 0.278. The molecule has 4 rings (SSSR count). The van der Waals surface area contributed by atoms with Crippen LogP contribution in [-0.4, -0.2) is 40.2 Å². The van der Waals surface area contributed by atoms with Crippen LogP contribution in [0.4, 0.5) is 0 Å². The van der Waals surface area contributed by atoms with Gasteiger partial charge in [-0.1, -0.05) is 12.1 Å². The molecular weight excluding hydrogens is 320 g/mol. The van der Waals surface area contributed by atoms with Crippen LogP contribution in [0, 0.1) is 0 Å². The number of aromatic amines is 1. The molecule has 1 aliphatic heterocycles. The first-order chi connectivity index (χ1) is 12.3. The molecule has 1 amide bonds. The molecule has 0 radical (unpaired) electrons. The van der Waals surface area contributed by atoms with E-state index in [4.69, 9.17) is 9.47 Å². The average molecular weight is 338 g/mol. The lowest BCUT2D eigenvalue weighted by Crippen LogP contribution is -2.23. The Balaban J connectivity index is 1.35. The SMILES string of the molecule is O=C(NCc1nc2ccccc2[nH]1)c1ccc(OC2CCOC2)nc1. The Labute approximate surface area is 144 Å². The first-order valence-electron chi connectivity index (χ1n) is 8.20. The van der Waals surface area contributed by atoms with Crippen molar-refractivity contribution < 1.29 is 14.3 Å². The van der Waals surface area contributed by atoms with E-state index >= 15 is 0 Å². The summed E-state index contributed by atoms with van der Waals surface area (Å²) in [5, 5.41) is 2.84. The number of imidazole rings is 1. The van der Waals surface area contributed by atoms with Crippen LogP contribution in [0.5, 0.6) is 5.88 Å². The van der Waals surface area contributed by atoms with Crippen molar-refractivity contribution >= 4 is 16.9 Å². The number of nitrogens with one attached hydrogen (secondary N) is 2. The number of hydrogen-bond donors (Lipinski definition) is 2. The number of carbonyl (C=O) groups excluding carboxylic acids is 1. The summed E-state index contributed by atoms with van der Waals surface area (Å²) >= 11 is 0. The van der Waals surface area contributed by atoms with Gasteiger partial charge < -0.3 is 19.8 Å². The number of ether oxygens (including phenoxy) is 2. The Morgan fingerprint density at radius 3 is 3.00 bits per heavy atom. The summed E-state index contributed by atoms with van der Waals surface area (Å²) < 4.78 is 11.0. The summed E-state index contributed by atoms with van der Waals surface area (Å²) in [7, 11) is 0. The third-order valence-corrected chi connectivity index (χ3v) is 4.03. The van der Waals surface area contributed by atoms with E-state index in [-0.39, 0.29) is 12.0 Å². The molecule has 1 atom stereocenters. The third kappa shape index (κ3) is 3.61. The highest BCUT2D eigenvalue weighted by Crippen LogP contribution is 2.15. The molecule has 0 aliphatic carbocycles. The fourth-order valence-corrected chi connectivity index (χ4v) is 2.72. The maximum atomic E-state index is 12.2. The number of rotatable bonds is 5. The number of benzene rings is 1. The number of nitrogens with zero attached hydrogens (tertiary/aromatic N) is 2. The summed E-state index contributed by atoms with van der Waals surface area (Å²) in [5.74, 6) is 1.01. The zero-order valence-electron chi connectivity index (χ0n) is 13.6. The van der Waals surface area contributed by atoms with Gasteiger partial charge in [0.05, 0.1) is 36.4 Å². The smallest absolute Gasteiger partial charge is 0.253 e. The van der Waals surface area contributed by atoms with Gasteiger partial charge in [-0.2, -0.15) is 0 Å². The molecule has 7 nitrogen and oxygen atoms in total. The minimum atomic E-state index is -0.205. The van der Waals surface area contributed by atoms with Crippen molar-refractivity contribution in [3.05, 3.63) is 54.0 Å². The molecule has 3 aromatic rings. The maximum absolute atomic E-state index is 12.2. The largest absolute Gasteiger partial charge is 0.472 e. The topological polar surface area (TPSA) is 89.1 Å². The Kier molecular flexibility index (Phi) is 4.30. The number of aromatic nitrogens is 3. The normalized spacial score (nSPS) is 16.9. The highest BCUT2D eigenvalue weighted by atomic mass is 16.5. The van der Waals surface area contributed by atoms with Crippen LogP contribution < -0.4 is 10.1 Å². The molecule has 128 valence electrons. The first-order valence-corrected chi connectivity index (χ1v) is 8.20. The second kappa shape index (κ2) is 6.90. The number of hydrogen-bond acceptors (Lipinski definition) is 5. The number of para-hydroxylation sites is 2. The maximum Gasteiger partial charge on any atom is 0.253 e. The molecule has 0 bridgehead atoms. The average Bonchev–Trinajstić information content (AvgIpc) is 3.29. The lowest BCUT2D eigenvalue weighted by Gasteiger charge is -2.10. The number of H-pyrrole nitrogens is 1. The van der Waals surface area contributed by atoms with Crippen molar-refractivity contribution in [3.8, 4) is 5.88 Å². The fourth-order valence-electron chi connectivity index (χ4n) is 2.72. The lowest BCUT2D eigenvalue weighted by atomic mass is 10.2. The van der Waals surface area contributed by atoms with Gasteiger partial charge >= 0.3 is 0 Å². The van der Waals surface area contributed by atoms with Crippen LogP contribution >= 0.6 is 0 Å². The monoisotopic (exact) mass is 338 g/mol. The van der Waals surface area contributed by atoms with E-state index in [0.717, 1.165) is 17.5 Å². The predicted octanol–water partition coefficient (Wildman–Crippen LogP) is 2.06. The quantitative estimate of drug-likeness (QED) is 0.743. The van der Waals surface area contributed by atoms with Crippen molar-refractivity contribution in [2.45, 2.75) is 19.1 Å². The van der Waals surface area contributed by atoms with Gasteiger partial charge in [0, 0.05) is 18.7 Å². The Hall–Kier alpha value is -2.93. The van der Waals surface area contributed by atoms with Crippen LogP contribution in [0.3, 0.4) is 0 Å². The molecule has 0 spiro atoms. The summed E-state index contributed by atoms with van der Waals surface area (Å²) in [5.41, 5.74) is 2.31. The van der Waals surface area contributed by atoms with Crippen molar-refractivity contribution in [3.63, 3.8) is 0 Å². The summed E-state index contributed by atoms with van der Waals surface area (Å²) in [6, 6.07) is 11.1. The molecular formula is C18H18N4O3. The highest BCUT2D eigenvalue weighted by Gasteiger charge is 2.18. The van der Waals surface area contributed by atoms with Crippen LogP contribution in [0.2, 0.25) is 0 Å². The molecule has 1 fully saturated rings. The molecule has 1 aromatic carbocycles. The predicted molar refractivity (Wildman–Crippen MR) is 91.4 cm³/mol. The molecule has 2 aromatic heterocycles. The van der Waals surface area contributed by atoms with Crippen LogP contribution in [0.25, 0.3) is 11.0 Å². The second-order valence-electron chi connectivity index (χ2n) is 5.87. The summed E-state index contributed by atoms with van der Waals surface area (Å²) in [4.78, 5) is 24.0. The number of carbonyl (C=O) groups is 1. The van der Waals surface area contributed by atoms with E-state index in [9.17, 15) is 4.79 Å². The number of fused-ring (bicyclic) bond motifs is 1. The van der Waals surface area contributed by atoms with E-state index in [2.05, 4.69) is 20.3 Å². The zero-order chi connectivity index (χ0) is 17.1. The molecule has 1 saturated heterocycles. The van der Waals surface area contributed by atoms with E-state index in [1.54, 1.807) is 12.1 Å². The Morgan fingerprint density at radius 1 is 1.32 bits per heavy atom. The molecule has 1 aliphatic rings. The molecule has 3 heterocycles. The molecule has 25 heavy (non-hydrogen) atoms. The van der Waals surface area contributed by atoms with Gasteiger partial charge in [-0.25, -0.2) is 9.97 Å². The van der Waals surface area contributed by atoms with Gasteiger partial charge in [0.15, 0.2) is 0 Å². The van der Waals surface area contributed by atoms with Crippen molar-refractivity contribution in [2.75, 3.05) is 13.2 Å². The van der Waals surface area contributed by atoms with Gasteiger partial charge in [0.1, 0.15) is 11.9 Å². The van der Waals surface area contributed by atoms with Crippen LogP contribution in [-0.2, 0) is 11.3 Å². The second-order valence-corrected chi connectivity index (χ2v) is 5.87. The molecule has 0 saturated carbocycles. The minimum Gasteiger partial charge on any atom is -0.472 e. The molecule has 2 N–H and O–H groups in total. The van der Waals surface area contributed by atoms with E-state index < -0.39 is 0 Å². The van der Waals surface area contributed by atoms with Crippen LogP contribution in [0.15, 0.2) is 42.6 Å². The summed E-state index contributed by atoms with van der Waals surface area (Å²) in [6.45, 7) is 1.62. The van der Waals surface area contributed by atoms with Gasteiger partial charge in [-0.05, 0) is 18.2 Å². The minimum absolute atomic E-state index is 0.0419. The van der Waals surface area contributed by atoms with Gasteiger partial charge in [0.25, 0.3) is 5.91 Å². The Morgan fingerprint density at radius 2 is 2.24 bits per heavy atom. The lowest BCUT2D eigenvalue weighted by molar-refractivity contribution is 0.0949. The number of pyridine rings is 1. The zero-order valence-corrected chi connectivity index (χ0v) is 13.6. The van der Waals surface area contributed by atoms with E-state index in [1.165, 1.54) is 6.20 Å². The number of amides is 1. The standard InChI is InChI=1S/C18H18N4O3/c23-18(20-10-16-21-14-3-1-2-4-15(14)22-16)12-5-6-17(19-9-12)25-13-7-8-24-11-13/h1-6,9,13H,7-8,10-11H2,(H,20,23)(H,21,22). The molecule has 7 heteroatoms. The van der Waals surface area contributed by atoms with Crippen molar-refractivity contribution in [1.29, 1.82) is 0 Å². The van der Waals surface area contributed by atoms with E-state index in [1.807, 2.05) is 24.3 Å². The van der Waals surface area contributed by atoms with Crippen molar-refractivity contribution in [1.82, 2.24) is 20.3 Å². The van der Waals surface area contributed by atoms with Gasteiger partial charge in [-0.3, -0.25) is 4.79 Å². The first kappa shape index (κ1) is 15.6. The third-order valence-electron chi connectivity index (χ3n) is 4.03.